The average Bonchev–Trinajstić information content (AvgIpc) is 3.32. The summed E-state index contributed by atoms with van der Waals surface area (Å²) in [4.78, 5) is 14.1. The highest BCUT2D eigenvalue weighted by Crippen LogP contribution is 2.34. The van der Waals surface area contributed by atoms with Crippen molar-refractivity contribution in [2.24, 2.45) is 0 Å². The molecular weight excluding hydrogens is 370 g/mol. The van der Waals surface area contributed by atoms with Crippen LogP contribution in [-0.4, -0.2) is 11.1 Å². The van der Waals surface area contributed by atoms with Crippen molar-refractivity contribution in [2.45, 2.75) is 13.0 Å². The summed E-state index contributed by atoms with van der Waals surface area (Å²) in [6.45, 7) is 1.97. The fourth-order valence-corrected chi connectivity index (χ4v) is 4.06. The molecule has 3 N–H and O–H groups in total. The molecule has 0 radical (unpaired) electrons. The number of hydrogen-bond acceptors (Lipinski definition) is 5. The van der Waals surface area contributed by atoms with Crippen molar-refractivity contribution in [2.75, 3.05) is 5.73 Å². The molecule has 0 saturated carbocycles. The van der Waals surface area contributed by atoms with Gasteiger partial charge in [-0.3, -0.25) is 4.79 Å². The van der Waals surface area contributed by atoms with Gasteiger partial charge < -0.3 is 15.6 Å². The van der Waals surface area contributed by atoms with Crippen LogP contribution in [0.2, 0.25) is 0 Å². The lowest BCUT2D eigenvalue weighted by Gasteiger charge is -2.20. The molecule has 0 saturated heterocycles. The fourth-order valence-electron chi connectivity index (χ4n) is 3.15. The molecule has 2 heterocycles. The molecule has 0 unspecified atom stereocenters. The van der Waals surface area contributed by atoms with Crippen molar-refractivity contribution < 1.29 is 9.32 Å². The van der Waals surface area contributed by atoms with Gasteiger partial charge in [-0.1, -0.05) is 65.8 Å². The summed E-state index contributed by atoms with van der Waals surface area (Å²) >= 11 is 1.50. The predicted molar refractivity (Wildman–Crippen MR) is 111 cm³/mol. The SMILES string of the molecule is Cc1ccsc1-c1noc(N)c1C(=O)NC(c1ccccc1)c1ccccc1. The van der Waals surface area contributed by atoms with Crippen LogP contribution in [0.3, 0.4) is 0 Å². The molecule has 6 heteroatoms. The Kier molecular flexibility index (Phi) is 4.95. The van der Waals surface area contributed by atoms with Crippen molar-refractivity contribution in [3.63, 3.8) is 0 Å². The average molecular weight is 389 g/mol. The molecule has 0 aliphatic heterocycles. The van der Waals surface area contributed by atoms with Crippen LogP contribution in [0.1, 0.15) is 33.1 Å². The third-order valence-electron chi connectivity index (χ3n) is 4.56. The number of aryl methyl sites for hydroxylation is 1. The van der Waals surface area contributed by atoms with E-state index < -0.39 is 0 Å². The van der Waals surface area contributed by atoms with E-state index in [4.69, 9.17) is 10.3 Å². The van der Waals surface area contributed by atoms with E-state index in [-0.39, 0.29) is 23.4 Å². The molecule has 0 atom stereocenters. The minimum absolute atomic E-state index is 0.0140. The topological polar surface area (TPSA) is 81.2 Å². The lowest BCUT2D eigenvalue weighted by Crippen LogP contribution is -2.30. The van der Waals surface area contributed by atoms with Crippen LogP contribution in [0.5, 0.6) is 0 Å². The van der Waals surface area contributed by atoms with Crippen LogP contribution in [0, 0.1) is 6.92 Å². The number of nitrogens with zero attached hydrogens (tertiary/aromatic N) is 1. The van der Waals surface area contributed by atoms with Gasteiger partial charge in [-0.25, -0.2) is 0 Å². The van der Waals surface area contributed by atoms with Gasteiger partial charge >= 0.3 is 0 Å². The zero-order valence-electron chi connectivity index (χ0n) is 15.3. The number of nitrogen functional groups attached to an aromatic ring is 1. The first kappa shape index (κ1) is 18.0. The third kappa shape index (κ3) is 3.42. The number of thiophene rings is 1. The molecule has 4 aromatic rings. The summed E-state index contributed by atoms with van der Waals surface area (Å²) in [6.07, 6.45) is 0. The summed E-state index contributed by atoms with van der Waals surface area (Å²) in [7, 11) is 0. The smallest absolute Gasteiger partial charge is 0.259 e. The van der Waals surface area contributed by atoms with E-state index in [0.29, 0.717) is 5.69 Å². The number of benzene rings is 2. The van der Waals surface area contributed by atoms with Gasteiger partial charge in [-0.15, -0.1) is 11.3 Å². The number of carbonyl (C=O) groups is 1. The van der Waals surface area contributed by atoms with Crippen LogP contribution in [0.25, 0.3) is 10.6 Å². The molecule has 1 amide bonds. The van der Waals surface area contributed by atoms with Crippen LogP contribution < -0.4 is 11.1 Å². The van der Waals surface area contributed by atoms with Gasteiger partial charge in [0, 0.05) is 0 Å². The Morgan fingerprint density at radius 2 is 1.64 bits per heavy atom. The minimum Gasteiger partial charge on any atom is -0.367 e. The number of carbonyl (C=O) groups excluding carboxylic acids is 1. The molecule has 2 aromatic carbocycles. The molecule has 0 fully saturated rings. The number of rotatable bonds is 5. The summed E-state index contributed by atoms with van der Waals surface area (Å²) in [5.74, 6) is -0.306. The Morgan fingerprint density at radius 1 is 1.04 bits per heavy atom. The predicted octanol–water partition coefficient (Wildman–Crippen LogP) is 4.81. The number of aromatic nitrogens is 1. The fraction of sp³-hybridized carbons (Fsp3) is 0.0909. The lowest BCUT2D eigenvalue weighted by atomic mass is 9.98. The van der Waals surface area contributed by atoms with Crippen molar-refractivity contribution in [3.8, 4) is 10.6 Å². The molecule has 0 bridgehead atoms. The largest absolute Gasteiger partial charge is 0.367 e. The monoisotopic (exact) mass is 389 g/mol. The maximum atomic E-state index is 13.2. The van der Waals surface area contributed by atoms with E-state index >= 15 is 0 Å². The van der Waals surface area contributed by atoms with Gasteiger partial charge in [0.2, 0.25) is 5.88 Å². The molecule has 140 valence electrons. The van der Waals surface area contributed by atoms with Crippen molar-refractivity contribution in [1.82, 2.24) is 10.5 Å². The highest BCUT2D eigenvalue weighted by molar-refractivity contribution is 7.13. The van der Waals surface area contributed by atoms with E-state index in [0.717, 1.165) is 21.6 Å². The van der Waals surface area contributed by atoms with Gasteiger partial charge in [-0.2, -0.15) is 0 Å². The Bertz CT molecular complexity index is 1050. The first-order valence-corrected chi connectivity index (χ1v) is 9.73. The molecule has 5 nitrogen and oxygen atoms in total. The maximum absolute atomic E-state index is 13.2. The molecule has 28 heavy (non-hydrogen) atoms. The normalized spacial score (nSPS) is 10.9. The van der Waals surface area contributed by atoms with Gasteiger partial charge in [0.1, 0.15) is 11.3 Å². The second-order valence-electron chi connectivity index (χ2n) is 6.43. The Morgan fingerprint density at radius 3 is 2.18 bits per heavy atom. The summed E-state index contributed by atoms with van der Waals surface area (Å²) in [5, 5.41) is 9.10. The van der Waals surface area contributed by atoms with Crippen molar-refractivity contribution in [3.05, 3.63) is 94.4 Å². The van der Waals surface area contributed by atoms with Crippen LogP contribution in [-0.2, 0) is 0 Å². The molecule has 0 aliphatic rings. The number of anilines is 1. The molecule has 2 aromatic heterocycles. The van der Waals surface area contributed by atoms with Gasteiger partial charge in [-0.05, 0) is 35.1 Å². The van der Waals surface area contributed by atoms with Crippen LogP contribution >= 0.6 is 11.3 Å². The zero-order chi connectivity index (χ0) is 19.5. The maximum Gasteiger partial charge on any atom is 0.259 e. The quantitative estimate of drug-likeness (QED) is 0.513. The van der Waals surface area contributed by atoms with E-state index in [9.17, 15) is 4.79 Å². The molecular formula is C22H19N3O2S. The number of hydrogen-bond donors (Lipinski definition) is 2. The molecule has 0 spiro atoms. The number of amides is 1. The Labute approximate surface area is 166 Å². The summed E-state index contributed by atoms with van der Waals surface area (Å²) in [6, 6.07) is 21.3. The minimum atomic E-state index is -0.320. The zero-order valence-corrected chi connectivity index (χ0v) is 16.1. The highest BCUT2D eigenvalue weighted by atomic mass is 32.1. The van der Waals surface area contributed by atoms with Gasteiger partial charge in [0.15, 0.2) is 0 Å². The standard InChI is InChI=1S/C22H19N3O2S/c1-14-12-13-28-20(14)19-17(21(23)27-25-19)22(26)24-18(15-8-4-2-5-9-15)16-10-6-3-7-11-16/h2-13,18H,23H2,1H3,(H,24,26). The second-order valence-corrected chi connectivity index (χ2v) is 7.35. The van der Waals surface area contributed by atoms with Crippen LogP contribution in [0.4, 0.5) is 5.88 Å². The first-order chi connectivity index (χ1) is 13.6. The number of nitrogens with one attached hydrogen (secondary N) is 1. The van der Waals surface area contributed by atoms with E-state index in [2.05, 4.69) is 10.5 Å². The Balaban J connectivity index is 1.72. The molecule has 0 aliphatic carbocycles. The van der Waals surface area contributed by atoms with Crippen LogP contribution in [0.15, 0.2) is 76.6 Å². The summed E-state index contributed by atoms with van der Waals surface area (Å²) in [5.41, 5.74) is 9.69. The van der Waals surface area contributed by atoms with E-state index in [1.165, 1.54) is 11.3 Å². The molecule has 4 rings (SSSR count). The second kappa shape index (κ2) is 7.70. The van der Waals surface area contributed by atoms with Crippen molar-refractivity contribution in [1.29, 1.82) is 0 Å². The number of nitrogens with two attached hydrogens (primary N) is 1. The van der Waals surface area contributed by atoms with Gasteiger partial charge in [0.05, 0.1) is 10.9 Å². The third-order valence-corrected chi connectivity index (χ3v) is 5.59. The first-order valence-electron chi connectivity index (χ1n) is 8.85. The highest BCUT2D eigenvalue weighted by Gasteiger charge is 2.27. The van der Waals surface area contributed by atoms with E-state index in [1.54, 1.807) is 0 Å². The van der Waals surface area contributed by atoms with Crippen molar-refractivity contribution >= 4 is 23.1 Å². The Hall–Kier alpha value is -3.38. The van der Waals surface area contributed by atoms with Gasteiger partial charge in [0.25, 0.3) is 5.91 Å². The summed E-state index contributed by atoms with van der Waals surface area (Å²) < 4.78 is 5.16. The van der Waals surface area contributed by atoms with E-state index in [1.807, 2.05) is 79.0 Å². The lowest BCUT2D eigenvalue weighted by molar-refractivity contribution is 0.0944.